The topological polar surface area (TPSA) is 68.7 Å². The van der Waals surface area contributed by atoms with Gasteiger partial charge in [-0.3, -0.25) is 0 Å². The summed E-state index contributed by atoms with van der Waals surface area (Å²) in [5, 5.41) is 26.0. The smallest absolute Gasteiger partial charge is 0.668 e. The van der Waals surface area contributed by atoms with Crippen LogP contribution in [0.4, 0.5) is 0 Å². The molecule has 0 aliphatic carbocycles. The van der Waals surface area contributed by atoms with E-state index in [1.165, 1.54) is 0 Å². The molecule has 0 fully saturated rings. The van der Waals surface area contributed by atoms with Crippen molar-refractivity contribution >= 4 is 46.4 Å². The summed E-state index contributed by atoms with van der Waals surface area (Å²) >= 11 is 21.9. The van der Waals surface area contributed by atoms with Gasteiger partial charge in [0.25, 0.3) is 0 Å². The summed E-state index contributed by atoms with van der Waals surface area (Å²) < 4.78 is 0. The molecule has 0 saturated carbocycles. The Balaban J connectivity index is -0.000000287. The van der Waals surface area contributed by atoms with Crippen molar-refractivity contribution < 1.29 is 28.8 Å². The van der Waals surface area contributed by atoms with Crippen LogP contribution in [0.2, 0.25) is 20.1 Å². The Morgan fingerprint density at radius 2 is 0.760 bits per heavy atom. The molecule has 25 heavy (non-hydrogen) atoms. The molecule has 0 spiro atoms. The van der Waals surface area contributed by atoms with Crippen LogP contribution in [0.1, 0.15) is 0 Å². The predicted octanol–water partition coefficient (Wildman–Crippen LogP) is 6.63. The molecule has 0 aliphatic heterocycles. The van der Waals surface area contributed by atoms with Crippen LogP contribution in [0.25, 0.3) is 10.6 Å². The van der Waals surface area contributed by atoms with Crippen LogP contribution in [0.3, 0.4) is 0 Å². The van der Waals surface area contributed by atoms with Gasteiger partial charge in [-0.2, -0.15) is 28.2 Å². The largest absolute Gasteiger partial charge is 2.00 e. The minimum absolute atomic E-state index is 0. The van der Waals surface area contributed by atoms with E-state index in [1.807, 2.05) is 0 Å². The monoisotopic (exact) mass is 463 g/mol. The second kappa shape index (κ2) is 18.5. The third-order valence-corrected chi connectivity index (χ3v) is 3.10. The first kappa shape index (κ1) is 29.5. The molecule has 0 heterocycles. The van der Waals surface area contributed by atoms with Gasteiger partial charge in [0.1, 0.15) is 0 Å². The van der Waals surface area contributed by atoms with Crippen LogP contribution < -0.4 is 0 Å². The van der Waals surface area contributed by atoms with Crippen molar-refractivity contribution in [2.24, 2.45) is 0 Å². The first-order valence-electron chi connectivity index (χ1n) is 6.48. The van der Waals surface area contributed by atoms with Gasteiger partial charge in [-0.15, -0.1) is 0 Å². The number of phenolic OH excluding ortho intramolecular Hbond substituents is 2. The standard InChI is InChI=1S/2C6H4Cl2O.2C2H6N.V/c2*7-4-2-1-3-5(8)6(4)9;2*1-3-2;/h2*1-3,9H;2*1-2H3;/q;;2*-1;+2. The fourth-order valence-corrected chi connectivity index (χ4v) is 1.77. The van der Waals surface area contributed by atoms with Crippen LogP contribution in [0.5, 0.6) is 11.5 Å². The van der Waals surface area contributed by atoms with E-state index in [4.69, 9.17) is 56.6 Å². The zero-order valence-corrected chi connectivity index (χ0v) is 18.6. The number of rotatable bonds is 0. The number of aromatic hydroxyl groups is 2. The van der Waals surface area contributed by atoms with Crippen molar-refractivity contribution in [3.8, 4) is 11.5 Å². The van der Waals surface area contributed by atoms with Crippen molar-refractivity contribution in [1.29, 1.82) is 0 Å². The van der Waals surface area contributed by atoms with Crippen LogP contribution in [-0.4, -0.2) is 38.4 Å². The second-order valence-corrected chi connectivity index (χ2v) is 5.66. The molecule has 9 heteroatoms. The molecule has 0 amide bonds. The summed E-state index contributed by atoms with van der Waals surface area (Å²) in [5.41, 5.74) is 0. The summed E-state index contributed by atoms with van der Waals surface area (Å²) in [6.45, 7) is 0. The van der Waals surface area contributed by atoms with Gasteiger partial charge in [-0.1, -0.05) is 58.5 Å². The van der Waals surface area contributed by atoms with Gasteiger partial charge >= 0.3 is 18.6 Å². The Labute approximate surface area is 181 Å². The number of hydrogen-bond acceptors (Lipinski definition) is 2. The van der Waals surface area contributed by atoms with Crippen molar-refractivity contribution in [3.63, 3.8) is 0 Å². The third kappa shape index (κ3) is 14.5. The zero-order chi connectivity index (χ0) is 19.1. The molecule has 2 rings (SSSR count). The van der Waals surface area contributed by atoms with Crippen molar-refractivity contribution in [2.45, 2.75) is 0 Å². The minimum Gasteiger partial charge on any atom is -0.668 e. The number of halogens is 4. The van der Waals surface area contributed by atoms with E-state index >= 15 is 0 Å². The molecule has 1 radical (unpaired) electrons. The summed E-state index contributed by atoms with van der Waals surface area (Å²) in [7, 11) is 7.00. The molecule has 0 unspecified atom stereocenters. The summed E-state index contributed by atoms with van der Waals surface area (Å²) in [4.78, 5) is 0. The molecule has 0 saturated heterocycles. The Hall–Kier alpha value is -0.296. The van der Waals surface area contributed by atoms with Gasteiger partial charge in [0.2, 0.25) is 0 Å². The van der Waals surface area contributed by atoms with Gasteiger partial charge in [0.05, 0.1) is 20.1 Å². The van der Waals surface area contributed by atoms with E-state index < -0.39 is 0 Å². The van der Waals surface area contributed by atoms with Gasteiger partial charge in [-0.25, -0.2) is 0 Å². The number of hydrogen-bond donors (Lipinski definition) is 2. The Morgan fingerprint density at radius 1 is 0.600 bits per heavy atom. The predicted molar refractivity (Wildman–Crippen MR) is 107 cm³/mol. The van der Waals surface area contributed by atoms with Gasteiger partial charge in [0, 0.05) is 0 Å². The van der Waals surface area contributed by atoms with Gasteiger partial charge < -0.3 is 20.8 Å². The second-order valence-electron chi connectivity index (χ2n) is 4.03. The van der Waals surface area contributed by atoms with Crippen molar-refractivity contribution in [3.05, 3.63) is 67.1 Å². The maximum Gasteiger partial charge on any atom is 2.00 e. The molecule has 0 bridgehead atoms. The molecule has 2 aromatic carbocycles. The Bertz CT molecular complexity index is 498. The fraction of sp³-hybridized carbons (Fsp3) is 0.250. The summed E-state index contributed by atoms with van der Waals surface area (Å²) in [6, 6.07) is 9.63. The van der Waals surface area contributed by atoms with E-state index in [0.29, 0.717) is 0 Å². The molecule has 0 aliphatic rings. The van der Waals surface area contributed by atoms with Crippen LogP contribution >= 0.6 is 46.4 Å². The van der Waals surface area contributed by atoms with E-state index in [-0.39, 0.29) is 50.1 Å². The van der Waals surface area contributed by atoms with Crippen LogP contribution in [0.15, 0.2) is 36.4 Å². The first-order valence-corrected chi connectivity index (χ1v) is 7.99. The van der Waals surface area contributed by atoms with Crippen molar-refractivity contribution in [1.82, 2.24) is 0 Å². The molecule has 0 atom stereocenters. The van der Waals surface area contributed by atoms with E-state index in [9.17, 15) is 0 Å². The maximum atomic E-state index is 8.94. The average molecular weight is 465 g/mol. The van der Waals surface area contributed by atoms with Gasteiger partial charge in [0.15, 0.2) is 11.5 Å². The molecule has 2 N–H and O–H groups in total. The first-order chi connectivity index (χ1) is 11.3. The minimum atomic E-state index is -0.0548. The molecule has 2 aromatic rings. The molecule has 139 valence electrons. The van der Waals surface area contributed by atoms with Crippen LogP contribution in [0, 0.1) is 0 Å². The fourth-order valence-electron chi connectivity index (χ4n) is 0.978. The summed E-state index contributed by atoms with van der Waals surface area (Å²) in [6.07, 6.45) is 0. The number of nitrogens with zero attached hydrogens (tertiary/aromatic N) is 2. The Morgan fingerprint density at radius 3 is 0.880 bits per heavy atom. The average Bonchev–Trinajstić information content (AvgIpc) is 2.52. The van der Waals surface area contributed by atoms with Crippen molar-refractivity contribution in [2.75, 3.05) is 28.2 Å². The number of para-hydroxylation sites is 2. The SMILES string of the molecule is C[N-]C.C[N-]C.Oc1c(Cl)cccc1Cl.Oc1c(Cl)cccc1Cl.[V+2]. The maximum absolute atomic E-state index is 8.94. The molecule has 0 aromatic heterocycles. The Kier molecular flexibility index (Phi) is 21.8. The quantitative estimate of drug-likeness (QED) is 0.459. The molecular weight excluding hydrogens is 445 g/mol. The zero-order valence-electron chi connectivity index (χ0n) is 14.2. The van der Waals surface area contributed by atoms with Gasteiger partial charge in [-0.05, 0) is 24.3 Å². The van der Waals surface area contributed by atoms with Crippen LogP contribution in [-0.2, 0) is 18.6 Å². The normalized spacial score (nSPS) is 8.32. The summed E-state index contributed by atoms with van der Waals surface area (Å²) in [5.74, 6) is -0.110. The van der Waals surface area contributed by atoms with E-state index in [1.54, 1.807) is 64.6 Å². The number of benzene rings is 2. The molecule has 4 nitrogen and oxygen atoms in total. The number of phenols is 2. The van der Waals surface area contributed by atoms with E-state index in [0.717, 1.165) is 0 Å². The molecular formula is C16H20Cl4N2O2V. The van der Waals surface area contributed by atoms with E-state index in [2.05, 4.69) is 10.6 Å². The third-order valence-electron chi connectivity index (χ3n) is 1.88.